The number of benzene rings is 1. The minimum absolute atomic E-state index is 0.551. The van der Waals surface area contributed by atoms with Crippen molar-refractivity contribution < 1.29 is 0 Å². The number of hydrogen-bond acceptors (Lipinski definition) is 3. The second kappa shape index (κ2) is 4.68. The molecule has 0 aliphatic carbocycles. The van der Waals surface area contributed by atoms with E-state index in [1.807, 2.05) is 18.2 Å². The van der Waals surface area contributed by atoms with Crippen molar-refractivity contribution in [1.82, 2.24) is 4.98 Å². The van der Waals surface area contributed by atoms with Gasteiger partial charge < -0.3 is 5.73 Å². The van der Waals surface area contributed by atoms with Gasteiger partial charge in [0.15, 0.2) is 0 Å². The summed E-state index contributed by atoms with van der Waals surface area (Å²) in [5, 5.41) is 0. The van der Waals surface area contributed by atoms with Crippen LogP contribution in [0.3, 0.4) is 0 Å². The summed E-state index contributed by atoms with van der Waals surface area (Å²) < 4.78 is 1.09. The molecular weight excluding hydrogens is 272 g/mol. The summed E-state index contributed by atoms with van der Waals surface area (Å²) >= 11 is 5.07. The summed E-state index contributed by atoms with van der Waals surface area (Å²) in [5.41, 5.74) is 5.51. The second-order valence-corrected chi connectivity index (χ2v) is 5.04. The molecule has 0 spiro atoms. The number of hydrogen-bond donors (Lipinski definition) is 1. The highest BCUT2D eigenvalue weighted by atomic mass is 79.9. The third-order valence-corrected chi connectivity index (χ3v) is 3.32. The number of pyridine rings is 1. The quantitative estimate of drug-likeness (QED) is 0.914. The molecule has 2 aromatic rings. The van der Waals surface area contributed by atoms with Crippen LogP contribution in [-0.4, -0.2) is 4.98 Å². The molecule has 15 heavy (non-hydrogen) atoms. The van der Waals surface area contributed by atoms with Crippen molar-refractivity contribution >= 4 is 33.5 Å². The Bertz CT molecular complexity index is 396. The number of anilines is 1. The number of rotatable bonds is 2. The topological polar surface area (TPSA) is 38.9 Å². The van der Waals surface area contributed by atoms with Crippen LogP contribution in [0.5, 0.6) is 0 Å². The maximum absolute atomic E-state index is 5.51. The van der Waals surface area contributed by atoms with E-state index in [2.05, 4.69) is 33.0 Å². The van der Waals surface area contributed by atoms with Crippen molar-refractivity contribution in [2.45, 2.75) is 9.79 Å². The van der Waals surface area contributed by atoms with Gasteiger partial charge >= 0.3 is 0 Å². The van der Waals surface area contributed by atoms with Gasteiger partial charge in [0.05, 0.1) is 0 Å². The van der Waals surface area contributed by atoms with E-state index in [0.717, 1.165) is 9.37 Å². The number of halogens is 1. The van der Waals surface area contributed by atoms with Crippen LogP contribution in [0.2, 0.25) is 0 Å². The van der Waals surface area contributed by atoms with E-state index in [4.69, 9.17) is 5.73 Å². The molecule has 4 heteroatoms. The zero-order chi connectivity index (χ0) is 10.7. The van der Waals surface area contributed by atoms with E-state index < -0.39 is 0 Å². The highest BCUT2D eigenvalue weighted by Crippen LogP contribution is 2.28. The first-order chi connectivity index (χ1) is 7.24. The molecule has 2 N–H and O–H groups in total. The van der Waals surface area contributed by atoms with Gasteiger partial charge in [0.25, 0.3) is 0 Å². The Labute approximate surface area is 101 Å². The zero-order valence-electron chi connectivity index (χ0n) is 7.85. The van der Waals surface area contributed by atoms with Crippen LogP contribution >= 0.6 is 27.7 Å². The Morgan fingerprint density at radius 1 is 1.00 bits per heavy atom. The number of nitrogen functional groups attached to an aromatic ring is 1. The Balaban J connectivity index is 2.15. The summed E-state index contributed by atoms with van der Waals surface area (Å²) in [6, 6.07) is 11.9. The van der Waals surface area contributed by atoms with E-state index in [1.54, 1.807) is 24.0 Å². The summed E-state index contributed by atoms with van der Waals surface area (Å²) in [7, 11) is 0. The van der Waals surface area contributed by atoms with Gasteiger partial charge in [-0.3, -0.25) is 0 Å². The number of aromatic nitrogens is 1. The average molecular weight is 281 g/mol. The van der Waals surface area contributed by atoms with Gasteiger partial charge in [-0.15, -0.1) is 0 Å². The van der Waals surface area contributed by atoms with Crippen molar-refractivity contribution in [3.63, 3.8) is 0 Å². The summed E-state index contributed by atoms with van der Waals surface area (Å²) in [5.74, 6) is 0.551. The average Bonchev–Trinajstić information content (AvgIpc) is 2.25. The molecule has 0 unspecified atom stereocenters. The van der Waals surface area contributed by atoms with Crippen LogP contribution in [0.25, 0.3) is 0 Å². The van der Waals surface area contributed by atoms with Gasteiger partial charge in [0, 0.05) is 20.5 Å². The van der Waals surface area contributed by atoms with E-state index >= 15 is 0 Å². The van der Waals surface area contributed by atoms with Crippen molar-refractivity contribution in [3.05, 3.63) is 47.1 Å². The predicted molar refractivity (Wildman–Crippen MR) is 66.9 cm³/mol. The van der Waals surface area contributed by atoms with Crippen molar-refractivity contribution in [2.75, 3.05) is 5.73 Å². The van der Waals surface area contributed by atoms with Crippen LogP contribution in [0.15, 0.2) is 56.9 Å². The summed E-state index contributed by atoms with van der Waals surface area (Å²) in [6.07, 6.45) is 1.78. The largest absolute Gasteiger partial charge is 0.384 e. The molecule has 1 aromatic carbocycles. The molecule has 2 rings (SSSR count). The SMILES string of the molecule is Nc1ccc(Sc2ccc(Br)cc2)cn1. The normalized spacial score (nSPS) is 10.2. The molecule has 1 aromatic heterocycles. The molecular formula is C11H9BrN2S. The van der Waals surface area contributed by atoms with Crippen molar-refractivity contribution in [3.8, 4) is 0 Å². The van der Waals surface area contributed by atoms with Gasteiger partial charge in [-0.05, 0) is 36.4 Å². The van der Waals surface area contributed by atoms with Crippen LogP contribution in [0.4, 0.5) is 5.82 Å². The van der Waals surface area contributed by atoms with Gasteiger partial charge in [-0.2, -0.15) is 0 Å². The maximum atomic E-state index is 5.51. The Morgan fingerprint density at radius 3 is 2.27 bits per heavy atom. The fourth-order valence-corrected chi connectivity index (χ4v) is 2.14. The monoisotopic (exact) mass is 280 g/mol. The van der Waals surface area contributed by atoms with Gasteiger partial charge in [-0.1, -0.05) is 27.7 Å². The minimum Gasteiger partial charge on any atom is -0.384 e. The van der Waals surface area contributed by atoms with E-state index in [9.17, 15) is 0 Å². The number of nitrogens with two attached hydrogens (primary N) is 1. The van der Waals surface area contributed by atoms with Crippen LogP contribution in [0, 0.1) is 0 Å². The molecule has 0 bridgehead atoms. The predicted octanol–water partition coefficient (Wildman–Crippen LogP) is 3.58. The standard InChI is InChI=1S/C11H9BrN2S/c12-8-1-3-9(4-2-8)15-10-5-6-11(13)14-7-10/h1-7H,(H2,13,14). The fourth-order valence-electron chi connectivity index (χ4n) is 1.09. The first kappa shape index (κ1) is 10.5. The van der Waals surface area contributed by atoms with Crippen molar-refractivity contribution in [1.29, 1.82) is 0 Å². The van der Waals surface area contributed by atoms with Crippen LogP contribution < -0.4 is 5.73 Å². The molecule has 0 radical (unpaired) electrons. The molecule has 0 aliphatic heterocycles. The lowest BCUT2D eigenvalue weighted by molar-refractivity contribution is 1.24. The maximum Gasteiger partial charge on any atom is 0.123 e. The van der Waals surface area contributed by atoms with Gasteiger partial charge in [-0.25, -0.2) is 4.98 Å². The van der Waals surface area contributed by atoms with E-state index in [0.29, 0.717) is 5.82 Å². The highest BCUT2D eigenvalue weighted by molar-refractivity contribution is 9.10. The molecule has 76 valence electrons. The smallest absolute Gasteiger partial charge is 0.123 e. The Kier molecular flexibility index (Phi) is 3.28. The number of nitrogens with zero attached hydrogens (tertiary/aromatic N) is 1. The lowest BCUT2D eigenvalue weighted by atomic mass is 10.4. The second-order valence-electron chi connectivity index (χ2n) is 2.97. The first-order valence-corrected chi connectivity index (χ1v) is 6.00. The van der Waals surface area contributed by atoms with Gasteiger partial charge in [0.1, 0.15) is 5.82 Å². The Morgan fingerprint density at radius 2 is 1.67 bits per heavy atom. The fraction of sp³-hybridized carbons (Fsp3) is 0. The van der Waals surface area contributed by atoms with E-state index in [1.165, 1.54) is 4.90 Å². The zero-order valence-corrected chi connectivity index (χ0v) is 10.3. The molecule has 0 aliphatic rings. The minimum atomic E-state index is 0.551. The third kappa shape index (κ3) is 2.97. The van der Waals surface area contributed by atoms with Crippen LogP contribution in [0.1, 0.15) is 0 Å². The Hall–Kier alpha value is -1.00. The summed E-state index contributed by atoms with van der Waals surface area (Å²) in [6.45, 7) is 0. The van der Waals surface area contributed by atoms with Crippen LogP contribution in [-0.2, 0) is 0 Å². The van der Waals surface area contributed by atoms with Gasteiger partial charge in [0.2, 0.25) is 0 Å². The molecule has 0 fully saturated rings. The highest BCUT2D eigenvalue weighted by Gasteiger charge is 1.97. The molecule has 0 amide bonds. The molecule has 2 nitrogen and oxygen atoms in total. The lowest BCUT2D eigenvalue weighted by Crippen LogP contribution is -1.87. The van der Waals surface area contributed by atoms with Crippen molar-refractivity contribution in [2.24, 2.45) is 0 Å². The third-order valence-electron chi connectivity index (χ3n) is 1.81. The first-order valence-electron chi connectivity index (χ1n) is 4.39. The molecule has 0 saturated carbocycles. The lowest BCUT2D eigenvalue weighted by Gasteiger charge is -2.01. The molecule has 0 atom stereocenters. The molecule has 1 heterocycles. The molecule has 0 saturated heterocycles. The summed E-state index contributed by atoms with van der Waals surface area (Å²) in [4.78, 5) is 6.31. The van der Waals surface area contributed by atoms with E-state index in [-0.39, 0.29) is 0 Å².